The van der Waals surface area contributed by atoms with Crippen molar-refractivity contribution in [2.75, 3.05) is 20.1 Å². The molecule has 1 unspecified atom stereocenters. The maximum atomic E-state index is 9.02. The number of hydrogen-bond acceptors (Lipinski definition) is 3. The van der Waals surface area contributed by atoms with Gasteiger partial charge in [-0.05, 0) is 51.1 Å². The summed E-state index contributed by atoms with van der Waals surface area (Å²) >= 11 is 0. The van der Waals surface area contributed by atoms with E-state index >= 15 is 0 Å². The Morgan fingerprint density at radius 3 is 2.50 bits per heavy atom. The highest BCUT2D eigenvalue weighted by atomic mass is 15.1. The van der Waals surface area contributed by atoms with E-state index in [1.807, 2.05) is 0 Å². The largest absolute Gasteiger partial charge is 0.303 e. The summed E-state index contributed by atoms with van der Waals surface area (Å²) in [5.74, 6) is 0. The third-order valence-corrected chi connectivity index (χ3v) is 4.31. The minimum absolute atomic E-state index is 0.0116. The van der Waals surface area contributed by atoms with Crippen LogP contribution in [0.3, 0.4) is 0 Å². The predicted molar refractivity (Wildman–Crippen MR) is 76.4 cm³/mol. The summed E-state index contributed by atoms with van der Waals surface area (Å²) in [4.78, 5) is 2.46. The molecule has 0 bridgehead atoms. The van der Waals surface area contributed by atoms with Crippen molar-refractivity contribution in [3.8, 4) is 6.07 Å². The molecule has 3 heteroatoms. The third kappa shape index (κ3) is 4.96. The van der Waals surface area contributed by atoms with Gasteiger partial charge in [-0.1, -0.05) is 20.8 Å². The lowest BCUT2D eigenvalue weighted by Gasteiger charge is -2.38. The maximum absolute atomic E-state index is 9.02. The Labute approximate surface area is 113 Å². The quantitative estimate of drug-likeness (QED) is 0.789. The van der Waals surface area contributed by atoms with Crippen LogP contribution in [0.2, 0.25) is 0 Å². The molecular formula is C15H29N3. The second-order valence-corrected chi connectivity index (χ2v) is 6.40. The molecule has 0 heterocycles. The van der Waals surface area contributed by atoms with Crippen LogP contribution in [0.15, 0.2) is 0 Å². The lowest BCUT2D eigenvalue weighted by molar-refractivity contribution is 0.125. The Kier molecular flexibility index (Phi) is 6.11. The summed E-state index contributed by atoms with van der Waals surface area (Å²) in [6.45, 7) is 8.70. The highest BCUT2D eigenvalue weighted by Gasteiger charge is 2.28. The van der Waals surface area contributed by atoms with Gasteiger partial charge in [0.1, 0.15) is 0 Å². The van der Waals surface area contributed by atoms with Gasteiger partial charge in [-0.2, -0.15) is 5.26 Å². The highest BCUT2D eigenvalue weighted by Crippen LogP contribution is 2.36. The minimum Gasteiger partial charge on any atom is -0.303 e. The average molecular weight is 251 g/mol. The lowest BCUT2D eigenvalue weighted by Crippen LogP contribution is -2.40. The SMILES string of the molecule is CCNC(C#N)CCN(C)C1CCC(C)(C)CC1. The predicted octanol–water partition coefficient (Wildman–Crippen LogP) is 2.78. The standard InChI is InChI=1S/C15H29N3/c1-5-17-13(12-16)8-11-18(4)14-6-9-15(2,3)10-7-14/h13-14,17H,5-11H2,1-4H3. The van der Waals surface area contributed by atoms with Gasteiger partial charge in [-0.25, -0.2) is 0 Å². The molecule has 1 N–H and O–H groups in total. The Balaban J connectivity index is 2.29. The summed E-state index contributed by atoms with van der Waals surface area (Å²) in [7, 11) is 2.21. The van der Waals surface area contributed by atoms with Crippen molar-refractivity contribution >= 4 is 0 Å². The second kappa shape index (κ2) is 7.11. The van der Waals surface area contributed by atoms with E-state index in [9.17, 15) is 0 Å². The van der Waals surface area contributed by atoms with Crippen LogP contribution in [0.25, 0.3) is 0 Å². The number of hydrogen-bond donors (Lipinski definition) is 1. The van der Waals surface area contributed by atoms with E-state index < -0.39 is 0 Å². The van der Waals surface area contributed by atoms with E-state index in [4.69, 9.17) is 5.26 Å². The van der Waals surface area contributed by atoms with Crippen LogP contribution in [-0.2, 0) is 0 Å². The molecule has 104 valence electrons. The van der Waals surface area contributed by atoms with E-state index in [-0.39, 0.29) is 6.04 Å². The lowest BCUT2D eigenvalue weighted by atomic mass is 9.75. The van der Waals surface area contributed by atoms with Crippen molar-refractivity contribution in [1.82, 2.24) is 10.2 Å². The summed E-state index contributed by atoms with van der Waals surface area (Å²) in [6, 6.07) is 3.07. The van der Waals surface area contributed by atoms with Crippen LogP contribution in [-0.4, -0.2) is 37.1 Å². The van der Waals surface area contributed by atoms with Crippen LogP contribution >= 0.6 is 0 Å². The van der Waals surface area contributed by atoms with Gasteiger partial charge in [0.2, 0.25) is 0 Å². The summed E-state index contributed by atoms with van der Waals surface area (Å²) in [5.41, 5.74) is 0.538. The summed E-state index contributed by atoms with van der Waals surface area (Å²) < 4.78 is 0. The van der Waals surface area contributed by atoms with Crippen LogP contribution in [0.4, 0.5) is 0 Å². The molecule has 1 fully saturated rings. The molecular weight excluding hydrogens is 222 g/mol. The van der Waals surface area contributed by atoms with Gasteiger partial charge in [0.15, 0.2) is 0 Å². The van der Waals surface area contributed by atoms with E-state index in [1.165, 1.54) is 25.7 Å². The van der Waals surface area contributed by atoms with Crippen molar-refractivity contribution in [2.24, 2.45) is 5.41 Å². The van der Waals surface area contributed by atoms with E-state index in [0.29, 0.717) is 5.41 Å². The smallest absolute Gasteiger partial charge is 0.0965 e. The normalized spacial score (nSPS) is 21.8. The minimum atomic E-state index is 0.0116. The average Bonchev–Trinajstić information content (AvgIpc) is 2.34. The molecule has 1 atom stereocenters. The molecule has 1 saturated carbocycles. The first-order valence-corrected chi connectivity index (χ1v) is 7.32. The fraction of sp³-hybridized carbons (Fsp3) is 0.933. The first kappa shape index (κ1) is 15.5. The van der Waals surface area contributed by atoms with Gasteiger partial charge < -0.3 is 10.2 Å². The molecule has 0 aromatic carbocycles. The van der Waals surface area contributed by atoms with E-state index in [2.05, 4.69) is 44.1 Å². The van der Waals surface area contributed by atoms with Crippen LogP contribution in [0.5, 0.6) is 0 Å². The zero-order chi connectivity index (χ0) is 13.6. The van der Waals surface area contributed by atoms with Crippen molar-refractivity contribution in [2.45, 2.75) is 65.0 Å². The molecule has 1 aliphatic rings. The van der Waals surface area contributed by atoms with Gasteiger partial charge in [0.05, 0.1) is 12.1 Å². The maximum Gasteiger partial charge on any atom is 0.0965 e. The van der Waals surface area contributed by atoms with E-state index in [0.717, 1.165) is 25.6 Å². The fourth-order valence-electron chi connectivity index (χ4n) is 2.80. The van der Waals surface area contributed by atoms with Crippen molar-refractivity contribution < 1.29 is 0 Å². The van der Waals surface area contributed by atoms with Crippen molar-refractivity contribution in [1.29, 1.82) is 5.26 Å². The number of nitrogens with zero attached hydrogens (tertiary/aromatic N) is 2. The number of nitrogens with one attached hydrogen (secondary N) is 1. The number of nitriles is 1. The Bertz CT molecular complexity index is 270. The Morgan fingerprint density at radius 2 is 2.00 bits per heavy atom. The van der Waals surface area contributed by atoms with Crippen LogP contribution in [0, 0.1) is 16.7 Å². The first-order chi connectivity index (χ1) is 8.48. The molecule has 0 saturated heterocycles. The van der Waals surface area contributed by atoms with Crippen molar-refractivity contribution in [3.63, 3.8) is 0 Å². The highest BCUT2D eigenvalue weighted by molar-refractivity contribution is 4.90. The summed E-state index contributed by atoms with van der Waals surface area (Å²) in [5, 5.41) is 12.2. The molecule has 1 aliphatic carbocycles. The molecule has 0 spiro atoms. The van der Waals surface area contributed by atoms with Crippen molar-refractivity contribution in [3.05, 3.63) is 0 Å². The zero-order valence-electron chi connectivity index (χ0n) is 12.5. The van der Waals surface area contributed by atoms with Gasteiger partial charge in [-0.3, -0.25) is 0 Å². The molecule has 3 nitrogen and oxygen atoms in total. The molecule has 18 heavy (non-hydrogen) atoms. The van der Waals surface area contributed by atoms with Crippen LogP contribution in [0.1, 0.15) is 52.9 Å². The van der Waals surface area contributed by atoms with E-state index in [1.54, 1.807) is 0 Å². The molecule has 0 aromatic rings. The Hall–Kier alpha value is -0.590. The first-order valence-electron chi connectivity index (χ1n) is 7.32. The fourth-order valence-corrected chi connectivity index (χ4v) is 2.80. The second-order valence-electron chi connectivity index (χ2n) is 6.40. The monoisotopic (exact) mass is 251 g/mol. The van der Waals surface area contributed by atoms with Gasteiger partial charge in [0.25, 0.3) is 0 Å². The van der Waals surface area contributed by atoms with Gasteiger partial charge in [-0.15, -0.1) is 0 Å². The van der Waals surface area contributed by atoms with Crippen LogP contribution < -0.4 is 5.32 Å². The van der Waals surface area contributed by atoms with Gasteiger partial charge >= 0.3 is 0 Å². The topological polar surface area (TPSA) is 39.1 Å². The molecule has 0 aromatic heterocycles. The summed E-state index contributed by atoms with van der Waals surface area (Å²) in [6.07, 6.45) is 6.21. The molecule has 0 radical (unpaired) electrons. The number of rotatable bonds is 6. The molecule has 0 amide bonds. The molecule has 0 aliphatic heterocycles. The molecule has 1 rings (SSSR count). The third-order valence-electron chi connectivity index (χ3n) is 4.31. The van der Waals surface area contributed by atoms with Gasteiger partial charge in [0, 0.05) is 12.6 Å². The Morgan fingerprint density at radius 1 is 1.39 bits per heavy atom. The zero-order valence-corrected chi connectivity index (χ0v) is 12.5.